The molecule has 1 heteroatoms. The summed E-state index contributed by atoms with van der Waals surface area (Å²) in [5, 5.41) is 0.303. The van der Waals surface area contributed by atoms with Crippen LogP contribution in [-0.4, -0.2) is 5.38 Å². The molecule has 0 spiro atoms. The molecule has 0 aromatic rings. The fourth-order valence-corrected chi connectivity index (χ4v) is 0.474. The molecule has 0 aliphatic rings. The van der Waals surface area contributed by atoms with E-state index in [-0.39, 0.29) is 0 Å². The van der Waals surface area contributed by atoms with Crippen LogP contribution in [0.3, 0.4) is 0 Å². The fraction of sp³-hybridized carbons (Fsp3) is 0.667. The van der Waals surface area contributed by atoms with E-state index in [4.69, 9.17) is 11.6 Å². The molecule has 0 heterocycles. The lowest BCUT2D eigenvalue weighted by Gasteiger charge is -1.97. The zero-order valence-corrected chi connectivity index (χ0v) is 5.41. The van der Waals surface area contributed by atoms with Gasteiger partial charge in [0.2, 0.25) is 0 Å². The van der Waals surface area contributed by atoms with Gasteiger partial charge in [-0.1, -0.05) is 13.0 Å². The molecule has 0 saturated carbocycles. The molecule has 7 heavy (non-hydrogen) atoms. The third-order valence-electron chi connectivity index (χ3n) is 0.865. The van der Waals surface area contributed by atoms with Gasteiger partial charge in [-0.3, -0.25) is 0 Å². The Balaban J connectivity index is 2.98. The van der Waals surface area contributed by atoms with Crippen molar-refractivity contribution < 1.29 is 0 Å². The molecule has 0 N–H and O–H groups in total. The van der Waals surface area contributed by atoms with Crippen LogP contribution in [0.2, 0.25) is 0 Å². The first-order valence-corrected chi connectivity index (χ1v) is 2.99. The first-order valence-electron chi connectivity index (χ1n) is 2.56. The van der Waals surface area contributed by atoms with Crippen molar-refractivity contribution in [3.8, 4) is 0 Å². The summed E-state index contributed by atoms with van der Waals surface area (Å²) in [4.78, 5) is 0. The summed E-state index contributed by atoms with van der Waals surface area (Å²) in [5.74, 6) is 0. The van der Waals surface area contributed by atoms with Crippen LogP contribution in [0, 0.1) is 0 Å². The minimum Gasteiger partial charge on any atom is -0.123 e. The van der Waals surface area contributed by atoms with E-state index in [1.54, 1.807) is 0 Å². The van der Waals surface area contributed by atoms with Crippen molar-refractivity contribution in [3.63, 3.8) is 0 Å². The highest BCUT2D eigenvalue weighted by atomic mass is 35.5. The predicted molar refractivity (Wildman–Crippen MR) is 34.7 cm³/mol. The maximum Gasteiger partial charge on any atom is 0.0367 e. The van der Waals surface area contributed by atoms with Gasteiger partial charge in [-0.25, -0.2) is 0 Å². The summed E-state index contributed by atoms with van der Waals surface area (Å²) in [6, 6.07) is 0. The third-order valence-corrected chi connectivity index (χ3v) is 1.35. The van der Waals surface area contributed by atoms with E-state index in [1.165, 1.54) is 0 Å². The molecular weight excluding hydrogens is 108 g/mol. The number of hydrogen-bond donors (Lipinski definition) is 0. The maximum absolute atomic E-state index is 5.69. The first-order chi connectivity index (χ1) is 3.31. The molecule has 0 aliphatic carbocycles. The van der Waals surface area contributed by atoms with E-state index >= 15 is 0 Å². The zero-order chi connectivity index (χ0) is 5.70. The summed E-state index contributed by atoms with van der Waals surface area (Å²) >= 11 is 5.69. The molecule has 0 aliphatic heterocycles. The number of rotatable bonds is 3. The molecule has 0 bridgehead atoms. The molecule has 0 aromatic heterocycles. The predicted octanol–water partition coefficient (Wildman–Crippen LogP) is 2.58. The van der Waals surface area contributed by atoms with E-state index in [9.17, 15) is 0 Å². The van der Waals surface area contributed by atoms with Gasteiger partial charge in [-0.15, -0.1) is 18.2 Å². The van der Waals surface area contributed by atoms with Gasteiger partial charge in [0.15, 0.2) is 0 Å². The molecule has 0 aromatic carbocycles. The van der Waals surface area contributed by atoms with Crippen LogP contribution >= 0.6 is 11.6 Å². The topological polar surface area (TPSA) is 0 Å². The van der Waals surface area contributed by atoms with E-state index in [0.29, 0.717) is 5.38 Å². The van der Waals surface area contributed by atoms with Crippen molar-refractivity contribution in [1.82, 2.24) is 0 Å². The molecule has 1 atom stereocenters. The van der Waals surface area contributed by atoms with Crippen LogP contribution in [0.1, 0.15) is 19.8 Å². The normalized spacial score (nSPS) is 13.4. The van der Waals surface area contributed by atoms with Gasteiger partial charge in [-0.05, 0) is 12.8 Å². The van der Waals surface area contributed by atoms with Crippen molar-refractivity contribution in [2.45, 2.75) is 25.1 Å². The second-order valence-electron chi connectivity index (χ2n) is 1.53. The average Bonchev–Trinajstić information content (AvgIpc) is 1.68. The lowest BCUT2D eigenvalue weighted by Crippen LogP contribution is -1.90. The Morgan fingerprint density at radius 1 is 1.86 bits per heavy atom. The molecule has 0 nitrogen and oxygen atoms in total. The molecular formula is C6H11Cl. The SMILES string of the molecule is C=CCC(Cl)CC. The largest absolute Gasteiger partial charge is 0.123 e. The van der Waals surface area contributed by atoms with Crippen molar-refractivity contribution >= 4 is 11.6 Å². The van der Waals surface area contributed by atoms with Gasteiger partial charge in [-0.2, -0.15) is 0 Å². The maximum atomic E-state index is 5.69. The van der Waals surface area contributed by atoms with Crippen LogP contribution in [0.4, 0.5) is 0 Å². The molecule has 0 saturated heterocycles. The van der Waals surface area contributed by atoms with Gasteiger partial charge in [0.1, 0.15) is 0 Å². The monoisotopic (exact) mass is 118 g/mol. The Morgan fingerprint density at radius 2 is 2.43 bits per heavy atom. The van der Waals surface area contributed by atoms with Crippen LogP contribution in [0.15, 0.2) is 12.7 Å². The highest BCUT2D eigenvalue weighted by molar-refractivity contribution is 6.20. The third kappa shape index (κ3) is 3.87. The van der Waals surface area contributed by atoms with Crippen molar-refractivity contribution in [1.29, 1.82) is 0 Å². The summed E-state index contributed by atoms with van der Waals surface area (Å²) in [6.45, 7) is 5.63. The zero-order valence-electron chi connectivity index (χ0n) is 4.65. The molecule has 0 fully saturated rings. The minimum atomic E-state index is 0.303. The van der Waals surface area contributed by atoms with Gasteiger partial charge >= 0.3 is 0 Å². The molecule has 0 rings (SSSR count). The van der Waals surface area contributed by atoms with E-state index in [2.05, 4.69) is 13.5 Å². The van der Waals surface area contributed by atoms with E-state index in [0.717, 1.165) is 12.8 Å². The van der Waals surface area contributed by atoms with Gasteiger partial charge < -0.3 is 0 Å². The van der Waals surface area contributed by atoms with Crippen LogP contribution in [0.25, 0.3) is 0 Å². The number of halogens is 1. The molecule has 0 radical (unpaired) electrons. The highest BCUT2D eigenvalue weighted by Crippen LogP contribution is 2.05. The van der Waals surface area contributed by atoms with Crippen LogP contribution < -0.4 is 0 Å². The van der Waals surface area contributed by atoms with E-state index in [1.807, 2.05) is 6.08 Å². The molecule has 0 amide bonds. The average molecular weight is 119 g/mol. The Labute approximate surface area is 50.2 Å². The Morgan fingerprint density at radius 3 is 2.57 bits per heavy atom. The number of hydrogen-bond acceptors (Lipinski definition) is 0. The first kappa shape index (κ1) is 7.03. The molecule has 42 valence electrons. The van der Waals surface area contributed by atoms with Gasteiger partial charge in [0, 0.05) is 5.38 Å². The van der Waals surface area contributed by atoms with Gasteiger partial charge in [0.25, 0.3) is 0 Å². The Kier molecular flexibility index (Phi) is 4.21. The van der Waals surface area contributed by atoms with Crippen LogP contribution in [-0.2, 0) is 0 Å². The summed E-state index contributed by atoms with van der Waals surface area (Å²) in [5.41, 5.74) is 0. The smallest absolute Gasteiger partial charge is 0.0367 e. The second kappa shape index (κ2) is 4.20. The highest BCUT2D eigenvalue weighted by Gasteiger charge is 1.93. The minimum absolute atomic E-state index is 0.303. The quantitative estimate of drug-likeness (QED) is 0.395. The van der Waals surface area contributed by atoms with Gasteiger partial charge in [0.05, 0.1) is 0 Å². The standard InChI is InChI=1S/C6H11Cl/c1-3-5-6(7)4-2/h3,6H,1,4-5H2,2H3. The number of allylic oxidation sites excluding steroid dienone is 1. The van der Waals surface area contributed by atoms with Crippen molar-refractivity contribution in [2.75, 3.05) is 0 Å². The summed E-state index contributed by atoms with van der Waals surface area (Å²) < 4.78 is 0. The lowest BCUT2D eigenvalue weighted by atomic mass is 10.2. The lowest BCUT2D eigenvalue weighted by molar-refractivity contribution is 0.826. The van der Waals surface area contributed by atoms with Crippen molar-refractivity contribution in [2.24, 2.45) is 0 Å². The fourth-order valence-electron chi connectivity index (χ4n) is 0.348. The summed E-state index contributed by atoms with van der Waals surface area (Å²) in [6.07, 6.45) is 3.81. The summed E-state index contributed by atoms with van der Waals surface area (Å²) in [7, 11) is 0. The molecule has 1 unspecified atom stereocenters. The van der Waals surface area contributed by atoms with E-state index < -0.39 is 0 Å². The Hall–Kier alpha value is 0.0300. The van der Waals surface area contributed by atoms with Crippen LogP contribution in [0.5, 0.6) is 0 Å². The number of alkyl halides is 1. The van der Waals surface area contributed by atoms with Crippen molar-refractivity contribution in [3.05, 3.63) is 12.7 Å². The second-order valence-corrected chi connectivity index (χ2v) is 2.15. The Bertz CT molecular complexity index is 50.1.